The fourth-order valence-electron chi connectivity index (χ4n) is 7.77. The van der Waals surface area contributed by atoms with Crippen LogP contribution in [-0.4, -0.2) is 19.1 Å². The van der Waals surface area contributed by atoms with Gasteiger partial charge in [0.25, 0.3) is 6.33 Å². The van der Waals surface area contributed by atoms with Crippen LogP contribution < -0.4 is 9.30 Å². The second-order valence-electron chi connectivity index (χ2n) is 15.3. The standard InChI is InChI=1S/C50H45N5O/c1-6-34(7-2)36-18-15-19-38(28-36)53-33-54(46-23-14-13-22-45(46)53)49-32-40(30-43(52-49)35-16-9-8-10-17-35)56-39-24-25-42-41-20-11-12-21-44(41)55(47(42)31-39)48-29-37(26-27-51-48)50(3,4)5/h8-32,34H,6-7H2,1-5H3/i34D. The molecular formula is C50H45N5O. The molecule has 5 aromatic carbocycles. The minimum absolute atomic E-state index is 0.0238. The van der Waals surface area contributed by atoms with Gasteiger partial charge in [0.15, 0.2) is 5.82 Å². The second kappa shape index (κ2) is 14.3. The second-order valence-corrected chi connectivity index (χ2v) is 15.3. The maximum absolute atomic E-state index is 9.15. The van der Waals surface area contributed by atoms with Crippen LogP contribution in [-0.2, 0) is 5.41 Å². The Labute approximate surface area is 329 Å². The van der Waals surface area contributed by atoms with E-state index in [4.69, 9.17) is 16.1 Å². The van der Waals surface area contributed by atoms with Gasteiger partial charge in [-0.25, -0.2) is 9.97 Å². The molecule has 0 aliphatic carbocycles. The molecule has 6 heteroatoms. The zero-order valence-corrected chi connectivity index (χ0v) is 32.5. The maximum atomic E-state index is 9.15. The number of benzene rings is 5. The van der Waals surface area contributed by atoms with E-state index in [-0.39, 0.29) is 5.41 Å². The smallest absolute Gasteiger partial charge is 0.271 e. The Morgan fingerprint density at radius 3 is 2.25 bits per heavy atom. The third-order valence-electron chi connectivity index (χ3n) is 10.7. The average molecular weight is 733 g/mol. The summed E-state index contributed by atoms with van der Waals surface area (Å²) in [6.45, 7) is 10.8. The molecule has 0 amide bonds. The van der Waals surface area contributed by atoms with E-state index in [1.165, 1.54) is 5.56 Å². The molecule has 6 nitrogen and oxygen atoms in total. The van der Waals surface area contributed by atoms with Gasteiger partial charge >= 0.3 is 0 Å². The van der Waals surface area contributed by atoms with Crippen molar-refractivity contribution < 1.29 is 10.7 Å². The van der Waals surface area contributed by atoms with Crippen molar-refractivity contribution in [2.45, 2.75) is 58.8 Å². The van der Waals surface area contributed by atoms with Gasteiger partial charge in [0.2, 0.25) is 0 Å². The summed E-state index contributed by atoms with van der Waals surface area (Å²) in [4.78, 5) is 10.1. The van der Waals surface area contributed by atoms with Gasteiger partial charge < -0.3 is 4.74 Å². The summed E-state index contributed by atoms with van der Waals surface area (Å²) in [7, 11) is 0. The van der Waals surface area contributed by atoms with Gasteiger partial charge in [0.1, 0.15) is 17.3 Å². The molecule has 0 aliphatic rings. The number of aromatic nitrogens is 5. The van der Waals surface area contributed by atoms with Gasteiger partial charge in [-0.1, -0.05) is 120 Å². The van der Waals surface area contributed by atoms with Crippen molar-refractivity contribution in [3.63, 3.8) is 0 Å². The van der Waals surface area contributed by atoms with E-state index in [1.54, 1.807) is 0 Å². The minimum atomic E-state index is -0.656. The fourth-order valence-corrected chi connectivity index (χ4v) is 7.77. The molecule has 0 saturated heterocycles. The summed E-state index contributed by atoms with van der Waals surface area (Å²) in [5, 5.41) is 2.29. The molecule has 0 bridgehead atoms. The van der Waals surface area contributed by atoms with Crippen LogP contribution in [0, 0.1) is 6.33 Å². The zero-order valence-electron chi connectivity index (χ0n) is 33.5. The lowest BCUT2D eigenvalue weighted by atomic mass is 9.88. The zero-order chi connectivity index (χ0) is 39.3. The summed E-state index contributed by atoms with van der Waals surface area (Å²) in [6, 6.07) is 49.8. The SMILES string of the molecule is [2H]C(CC)(CC)c1cccc(-[n+]2[c-]n(-c3cc(Oc4ccc5c6ccccc6n(-c6cc(C(C)(C)C)ccn6)c5c4)cc(-c4ccccc4)n3)c3ccccc32)c1. The average Bonchev–Trinajstić information content (AvgIpc) is 3.80. The molecule has 0 radical (unpaired) electrons. The molecule has 276 valence electrons. The van der Waals surface area contributed by atoms with E-state index in [9.17, 15) is 0 Å². The fraction of sp³-hybridized carbons (Fsp3) is 0.180. The summed E-state index contributed by atoms with van der Waals surface area (Å²) in [6.07, 6.45) is 7.00. The minimum Gasteiger partial charge on any atom is -0.458 e. The van der Waals surface area contributed by atoms with Crippen LogP contribution in [0.1, 0.15) is 65.9 Å². The topological polar surface area (TPSA) is 48.8 Å². The highest BCUT2D eigenvalue weighted by Crippen LogP contribution is 2.37. The van der Waals surface area contributed by atoms with Crippen LogP contribution in [0.2, 0.25) is 0 Å². The number of hydrogen-bond donors (Lipinski definition) is 0. The van der Waals surface area contributed by atoms with Gasteiger partial charge in [-0.05, 0) is 83.3 Å². The molecule has 0 saturated carbocycles. The van der Waals surface area contributed by atoms with Crippen LogP contribution in [0.25, 0.3) is 61.4 Å². The van der Waals surface area contributed by atoms with Crippen molar-refractivity contribution in [2.75, 3.05) is 0 Å². The molecule has 56 heavy (non-hydrogen) atoms. The largest absolute Gasteiger partial charge is 0.458 e. The van der Waals surface area contributed by atoms with Crippen molar-refractivity contribution in [1.82, 2.24) is 19.1 Å². The van der Waals surface area contributed by atoms with Crippen molar-refractivity contribution in [3.8, 4) is 40.1 Å². The van der Waals surface area contributed by atoms with Crippen molar-refractivity contribution in [1.29, 1.82) is 0 Å². The highest BCUT2D eigenvalue weighted by Gasteiger charge is 2.20. The molecule has 0 N–H and O–H groups in total. The molecular weight excluding hydrogens is 687 g/mol. The van der Waals surface area contributed by atoms with E-state index in [2.05, 4.69) is 141 Å². The molecule has 9 aromatic rings. The number of para-hydroxylation sites is 3. The molecule has 0 fully saturated rings. The Hall–Kier alpha value is -6.53. The molecule has 0 aliphatic heterocycles. The lowest BCUT2D eigenvalue weighted by molar-refractivity contribution is -0.572. The van der Waals surface area contributed by atoms with Crippen LogP contribution in [0.5, 0.6) is 11.5 Å². The number of pyridine rings is 2. The summed E-state index contributed by atoms with van der Waals surface area (Å²) in [5.41, 5.74) is 8.94. The van der Waals surface area contributed by atoms with Crippen molar-refractivity contribution in [2.24, 2.45) is 0 Å². The predicted molar refractivity (Wildman–Crippen MR) is 228 cm³/mol. The van der Waals surface area contributed by atoms with Gasteiger partial charge in [-0.3, -0.25) is 13.7 Å². The van der Waals surface area contributed by atoms with Crippen molar-refractivity contribution in [3.05, 3.63) is 169 Å². The lowest BCUT2D eigenvalue weighted by Gasteiger charge is -2.20. The first-order valence-corrected chi connectivity index (χ1v) is 19.4. The molecule has 4 heterocycles. The van der Waals surface area contributed by atoms with Crippen LogP contribution >= 0.6 is 0 Å². The molecule has 0 spiro atoms. The number of hydrogen-bond acceptors (Lipinski definition) is 3. The monoisotopic (exact) mass is 732 g/mol. The van der Waals surface area contributed by atoms with E-state index in [0.717, 1.165) is 74.0 Å². The van der Waals surface area contributed by atoms with Crippen LogP contribution in [0.4, 0.5) is 0 Å². The summed E-state index contributed by atoms with van der Waals surface area (Å²) >= 11 is 0. The molecule has 9 rings (SSSR count). The first kappa shape index (κ1) is 34.0. The van der Waals surface area contributed by atoms with Gasteiger partial charge in [0, 0.05) is 36.5 Å². The van der Waals surface area contributed by atoms with Gasteiger partial charge in [0.05, 0.1) is 33.4 Å². The number of ether oxygens (including phenoxy) is 1. The highest BCUT2D eigenvalue weighted by atomic mass is 16.5. The highest BCUT2D eigenvalue weighted by molar-refractivity contribution is 6.09. The third-order valence-corrected chi connectivity index (χ3v) is 10.7. The van der Waals surface area contributed by atoms with E-state index in [0.29, 0.717) is 17.3 Å². The Bertz CT molecular complexity index is 2920. The predicted octanol–water partition coefficient (Wildman–Crippen LogP) is 12.3. The Morgan fingerprint density at radius 1 is 0.696 bits per heavy atom. The van der Waals surface area contributed by atoms with Gasteiger partial charge in [-0.2, -0.15) is 0 Å². The maximum Gasteiger partial charge on any atom is 0.271 e. The third kappa shape index (κ3) is 6.41. The van der Waals surface area contributed by atoms with Gasteiger partial charge in [-0.15, -0.1) is 0 Å². The first-order valence-electron chi connectivity index (χ1n) is 19.9. The quantitative estimate of drug-likeness (QED) is 0.110. The van der Waals surface area contributed by atoms with Crippen LogP contribution in [0.15, 0.2) is 152 Å². The number of fused-ring (bicyclic) bond motifs is 4. The van der Waals surface area contributed by atoms with Crippen LogP contribution in [0.3, 0.4) is 0 Å². The Kier molecular flexibility index (Phi) is 8.67. The molecule has 0 unspecified atom stereocenters. The molecule has 4 aromatic heterocycles. The number of imidazole rings is 1. The number of rotatable bonds is 9. The van der Waals surface area contributed by atoms with E-state index in [1.807, 2.05) is 65.4 Å². The molecule has 0 atom stereocenters. The Morgan fingerprint density at radius 2 is 1.45 bits per heavy atom. The summed E-state index contributed by atoms with van der Waals surface area (Å²) < 4.78 is 22.3. The van der Waals surface area contributed by atoms with E-state index < -0.39 is 5.89 Å². The normalized spacial score (nSPS) is 12.4. The van der Waals surface area contributed by atoms with Crippen molar-refractivity contribution >= 4 is 32.8 Å². The number of nitrogens with zero attached hydrogens (tertiary/aromatic N) is 5. The Balaban J connectivity index is 1.19. The first-order chi connectivity index (χ1) is 27.6. The summed E-state index contributed by atoms with van der Waals surface area (Å²) in [5.74, 6) is 2.24. The van der Waals surface area contributed by atoms with E-state index >= 15 is 0 Å². The lowest BCUT2D eigenvalue weighted by Crippen LogP contribution is -2.29.